The number of dihydropyridines is 1. The van der Waals surface area contributed by atoms with Crippen LogP contribution in [0.15, 0.2) is 65.5 Å². The van der Waals surface area contributed by atoms with Crippen LogP contribution in [-0.2, 0) is 23.8 Å². The van der Waals surface area contributed by atoms with Crippen LogP contribution < -0.4 is 5.32 Å². The lowest BCUT2D eigenvalue weighted by Gasteiger charge is -2.30. The summed E-state index contributed by atoms with van der Waals surface area (Å²) in [6, 6.07) is 9.36. The summed E-state index contributed by atoms with van der Waals surface area (Å²) in [5.41, 5.74) is 2.86. The molecule has 27 heavy (non-hydrogen) atoms. The maximum Gasteiger partial charge on any atom is 0.337 e. The molecule has 0 bridgehead atoms. The summed E-state index contributed by atoms with van der Waals surface area (Å²) in [6.07, 6.45) is 1.50. The SMILES string of the molecule is C=CCOC(=O)C1=C(C)NC(C)=C(C(=O)OCCOC)C1c1ccccc1. The zero-order valence-corrected chi connectivity index (χ0v) is 15.9. The number of ether oxygens (including phenoxy) is 3. The van der Waals surface area contributed by atoms with Crippen LogP contribution in [0.1, 0.15) is 25.3 Å². The summed E-state index contributed by atoms with van der Waals surface area (Å²) < 4.78 is 15.5. The molecule has 1 N–H and O–H groups in total. The van der Waals surface area contributed by atoms with E-state index in [9.17, 15) is 9.59 Å². The van der Waals surface area contributed by atoms with Crippen molar-refractivity contribution in [2.45, 2.75) is 19.8 Å². The highest BCUT2D eigenvalue weighted by Gasteiger charge is 2.37. The van der Waals surface area contributed by atoms with Crippen LogP contribution in [0.2, 0.25) is 0 Å². The fourth-order valence-corrected chi connectivity index (χ4v) is 3.02. The Labute approximate surface area is 159 Å². The molecule has 1 heterocycles. The average molecular weight is 371 g/mol. The van der Waals surface area contributed by atoms with Crippen molar-refractivity contribution < 1.29 is 23.8 Å². The van der Waals surface area contributed by atoms with Crippen LogP contribution in [0.25, 0.3) is 0 Å². The second-order valence-electron chi connectivity index (χ2n) is 6.06. The van der Waals surface area contributed by atoms with Gasteiger partial charge in [0.05, 0.1) is 23.7 Å². The van der Waals surface area contributed by atoms with Gasteiger partial charge in [-0.2, -0.15) is 0 Å². The van der Waals surface area contributed by atoms with E-state index < -0.39 is 17.9 Å². The first-order valence-corrected chi connectivity index (χ1v) is 8.68. The van der Waals surface area contributed by atoms with Crippen LogP contribution in [0, 0.1) is 0 Å². The molecule has 1 aliphatic rings. The average Bonchev–Trinajstić information content (AvgIpc) is 2.66. The van der Waals surface area contributed by atoms with Crippen molar-refractivity contribution in [1.82, 2.24) is 5.32 Å². The van der Waals surface area contributed by atoms with Gasteiger partial charge >= 0.3 is 11.9 Å². The third-order valence-electron chi connectivity index (χ3n) is 4.19. The first kappa shape index (κ1) is 20.5. The number of rotatable bonds is 8. The van der Waals surface area contributed by atoms with Gasteiger partial charge < -0.3 is 19.5 Å². The molecule has 0 amide bonds. The van der Waals surface area contributed by atoms with Crippen molar-refractivity contribution >= 4 is 11.9 Å². The van der Waals surface area contributed by atoms with Gasteiger partial charge in [0.2, 0.25) is 0 Å². The molecule has 0 aliphatic carbocycles. The molecule has 1 unspecified atom stereocenters. The standard InChI is InChI=1S/C21H25NO5/c1-5-11-26-20(23)17-14(2)22-15(3)18(21(24)27-13-12-25-4)19(17)16-9-7-6-8-10-16/h5-10,19,22H,1,11-13H2,2-4H3. The first-order chi connectivity index (χ1) is 13.0. The largest absolute Gasteiger partial charge is 0.460 e. The first-order valence-electron chi connectivity index (χ1n) is 8.68. The number of methoxy groups -OCH3 is 1. The second kappa shape index (κ2) is 9.73. The van der Waals surface area contributed by atoms with Gasteiger partial charge in [-0.05, 0) is 19.4 Å². The highest BCUT2D eigenvalue weighted by Crippen LogP contribution is 2.39. The maximum atomic E-state index is 12.8. The van der Waals surface area contributed by atoms with E-state index in [1.807, 2.05) is 30.3 Å². The lowest BCUT2D eigenvalue weighted by Crippen LogP contribution is -2.32. The fourth-order valence-electron chi connectivity index (χ4n) is 3.02. The summed E-state index contributed by atoms with van der Waals surface area (Å²) in [4.78, 5) is 25.5. The van der Waals surface area contributed by atoms with Crippen LogP contribution >= 0.6 is 0 Å². The van der Waals surface area contributed by atoms with Gasteiger partial charge in [0, 0.05) is 18.5 Å². The number of carbonyl (C=O) groups is 2. The predicted molar refractivity (Wildman–Crippen MR) is 102 cm³/mol. The Morgan fingerprint density at radius 1 is 1.04 bits per heavy atom. The minimum Gasteiger partial charge on any atom is -0.460 e. The smallest absolute Gasteiger partial charge is 0.337 e. The highest BCUT2D eigenvalue weighted by molar-refractivity contribution is 5.99. The molecule has 6 nitrogen and oxygen atoms in total. The Bertz CT molecular complexity index is 764. The number of esters is 2. The normalized spacial score (nSPS) is 16.6. The van der Waals surface area contributed by atoms with E-state index in [0.717, 1.165) is 5.56 Å². The molecule has 0 aromatic heterocycles. The third-order valence-corrected chi connectivity index (χ3v) is 4.19. The van der Waals surface area contributed by atoms with Crippen LogP contribution in [-0.4, -0.2) is 38.9 Å². The number of hydrogen-bond donors (Lipinski definition) is 1. The highest BCUT2D eigenvalue weighted by atomic mass is 16.6. The molecule has 1 aliphatic heterocycles. The van der Waals surface area contributed by atoms with Crippen molar-refractivity contribution in [3.8, 4) is 0 Å². The fraction of sp³-hybridized carbons (Fsp3) is 0.333. The molecular weight excluding hydrogens is 346 g/mol. The minimum atomic E-state index is -0.584. The maximum absolute atomic E-state index is 12.8. The topological polar surface area (TPSA) is 73.9 Å². The van der Waals surface area contributed by atoms with Crippen molar-refractivity contribution in [2.75, 3.05) is 26.9 Å². The van der Waals surface area contributed by atoms with Crippen molar-refractivity contribution in [3.63, 3.8) is 0 Å². The van der Waals surface area contributed by atoms with Crippen molar-refractivity contribution in [2.24, 2.45) is 0 Å². The molecule has 0 radical (unpaired) electrons. The number of benzene rings is 1. The zero-order valence-electron chi connectivity index (χ0n) is 15.9. The number of hydrogen-bond acceptors (Lipinski definition) is 6. The summed E-state index contributed by atoms with van der Waals surface area (Å²) in [6.45, 7) is 7.66. The van der Waals surface area contributed by atoms with Gasteiger partial charge in [-0.3, -0.25) is 0 Å². The van der Waals surface area contributed by atoms with Gasteiger partial charge in [0.15, 0.2) is 0 Å². The number of nitrogens with one attached hydrogen (secondary N) is 1. The van der Waals surface area contributed by atoms with Crippen LogP contribution in [0.3, 0.4) is 0 Å². The minimum absolute atomic E-state index is 0.0907. The predicted octanol–water partition coefficient (Wildman–Crippen LogP) is 2.84. The molecule has 1 aromatic rings. The molecule has 2 rings (SSSR count). The van der Waals surface area contributed by atoms with Gasteiger partial charge in [0.25, 0.3) is 0 Å². The zero-order chi connectivity index (χ0) is 19.8. The summed E-state index contributed by atoms with van der Waals surface area (Å²) in [5.74, 6) is -1.57. The molecule has 1 atom stereocenters. The molecular formula is C21H25NO5. The van der Waals surface area contributed by atoms with E-state index in [1.54, 1.807) is 13.8 Å². The van der Waals surface area contributed by atoms with E-state index in [1.165, 1.54) is 13.2 Å². The molecule has 144 valence electrons. The van der Waals surface area contributed by atoms with Crippen LogP contribution in [0.5, 0.6) is 0 Å². The molecule has 1 aromatic carbocycles. The van der Waals surface area contributed by atoms with Gasteiger partial charge in [0.1, 0.15) is 13.2 Å². The molecule has 0 spiro atoms. The van der Waals surface area contributed by atoms with E-state index in [-0.39, 0.29) is 13.2 Å². The van der Waals surface area contributed by atoms with Gasteiger partial charge in [-0.15, -0.1) is 0 Å². The third kappa shape index (κ3) is 4.86. The second-order valence-corrected chi connectivity index (χ2v) is 6.06. The van der Waals surface area contributed by atoms with E-state index >= 15 is 0 Å². The lowest BCUT2D eigenvalue weighted by atomic mass is 9.80. The van der Waals surface area contributed by atoms with Crippen LogP contribution in [0.4, 0.5) is 0 Å². The van der Waals surface area contributed by atoms with Crippen molar-refractivity contribution in [1.29, 1.82) is 0 Å². The Morgan fingerprint density at radius 3 is 2.19 bits per heavy atom. The van der Waals surface area contributed by atoms with E-state index in [0.29, 0.717) is 29.1 Å². The molecule has 0 saturated carbocycles. The Kier molecular flexibility index (Phi) is 7.37. The van der Waals surface area contributed by atoms with Gasteiger partial charge in [-0.25, -0.2) is 9.59 Å². The summed E-state index contributed by atoms with van der Waals surface area (Å²) >= 11 is 0. The Balaban J connectivity index is 2.47. The van der Waals surface area contributed by atoms with E-state index in [4.69, 9.17) is 14.2 Å². The lowest BCUT2D eigenvalue weighted by molar-refractivity contribution is -0.140. The Morgan fingerprint density at radius 2 is 1.63 bits per heavy atom. The van der Waals surface area contributed by atoms with Gasteiger partial charge in [-0.1, -0.05) is 43.0 Å². The summed E-state index contributed by atoms with van der Waals surface area (Å²) in [7, 11) is 1.53. The number of carbonyl (C=O) groups excluding carboxylic acids is 2. The monoisotopic (exact) mass is 371 g/mol. The summed E-state index contributed by atoms with van der Waals surface area (Å²) in [5, 5.41) is 3.11. The van der Waals surface area contributed by atoms with E-state index in [2.05, 4.69) is 11.9 Å². The molecule has 0 fully saturated rings. The number of allylic oxidation sites excluding steroid dienone is 2. The van der Waals surface area contributed by atoms with Crippen molar-refractivity contribution in [3.05, 3.63) is 71.1 Å². The quantitative estimate of drug-likeness (QED) is 0.430. The molecule has 0 saturated heterocycles. The Hall–Kier alpha value is -2.86. The molecule has 6 heteroatoms.